The molecule has 4 atom stereocenters. The number of nitrogens with one attached hydrogen (secondary N) is 5. The van der Waals surface area contributed by atoms with Gasteiger partial charge in [-0.05, 0) is 216 Å². The lowest BCUT2D eigenvalue weighted by Gasteiger charge is -2.28. The molecule has 4 saturated heterocycles. The standard InChI is InChI=1S/C28H28N4O2.C22H26N2O3.C17H18N2O.C12H11N.C11H12N2O2.C10H10N2O2.C10H17NO4.Cl3OP.ClH/c1-31-24-15-8-7-14-23(24)29-26(31)17-18-27(33)32-19-9-16-25(32)28(34)30-22-13-6-5-12-21(22)20-10-3-2-4-11-20;1-22(2,3)27-21(26)24-15-9-14-19(24)20(25)23-18-13-8-7-12-17(18)16-10-5-4-6-11-16;20-17(16-11-6-12-18-16)19-15-10-5-4-9-14(15)13-7-2-1-3-8-13;13-12-9-5-4-8-11(12)10-6-2-1-3-7-10;1-13-9-5-3-2-4-8(9)12-10(13)6-7-11(14)15;13-10(14)6-5-9-11-7-3-1-2-4-8(7)12-9;1-10(2,3)15-9(14)11-6-4-5-7(11)8(12)13;1-5(2,3)4;/h2-8,10-15,25H,9,16-19H2,1H3,(H,30,34);4-8,10-13,19H,9,14-15H2,1-3H3,(H,23,25);1-5,7-10,16,18H,6,11-12H2,(H,19,20);1-9H,13H2;2-5H,6-7H2,1H3,(H,14,15);1-4H,5-6H2,(H,11,12)(H,13,14);7H,4-6H2,1-3H3,(H,12,13);;1H/t25-;19-;16-;;;;7-;;/m000...0../s1. The highest BCUT2D eigenvalue weighted by atomic mass is 36.0. The number of carboxylic acid groups (broad SMARTS) is 3. The van der Waals surface area contributed by atoms with Crippen LogP contribution in [0.4, 0.5) is 32.3 Å². The number of rotatable bonds is 20. The molecule has 4 aliphatic heterocycles. The van der Waals surface area contributed by atoms with Crippen molar-refractivity contribution >= 4 is 161 Å². The average Bonchev–Trinajstić information content (AvgIpc) is 1.72. The van der Waals surface area contributed by atoms with Gasteiger partial charge in [0.05, 0.1) is 52.0 Å². The van der Waals surface area contributed by atoms with Gasteiger partial charge < -0.3 is 70.8 Å². The molecule has 6 amide bonds. The molecule has 18 rings (SSSR count). The van der Waals surface area contributed by atoms with Crippen LogP contribution in [0.2, 0.25) is 0 Å². The predicted octanol–water partition coefficient (Wildman–Crippen LogP) is 23.3. The second-order valence-corrected chi connectivity index (χ2v) is 42.7. The number of nitrogens with two attached hydrogens (primary N) is 1. The summed E-state index contributed by atoms with van der Waals surface area (Å²) in [5.74, 6) is -0.366. The summed E-state index contributed by atoms with van der Waals surface area (Å²) in [5, 5.41) is 35.1. The molecule has 34 heteroatoms. The number of halogens is 4. The summed E-state index contributed by atoms with van der Waals surface area (Å²) < 4.78 is 24.1. The zero-order valence-electron chi connectivity index (χ0n) is 81.6. The van der Waals surface area contributed by atoms with Gasteiger partial charge >= 0.3 is 35.3 Å². The zero-order chi connectivity index (χ0) is 103. The maximum absolute atomic E-state index is 13.2. The Labute approximate surface area is 858 Å². The second kappa shape index (κ2) is 54.3. The molecular weight excluding hydrogens is 1930 g/mol. The molecule has 0 radical (unpaired) electrons. The first-order valence-electron chi connectivity index (χ1n) is 47.3. The number of imidazole rings is 3. The molecule has 11 aromatic carbocycles. The predicted molar refractivity (Wildman–Crippen MR) is 573 cm³/mol. The minimum absolute atomic E-state index is 0. The van der Waals surface area contributed by atoms with E-state index in [0.29, 0.717) is 64.6 Å². The lowest BCUT2D eigenvalue weighted by atomic mass is 10.0. The number of amides is 6. The number of aromatic amines is 1. The van der Waals surface area contributed by atoms with E-state index in [1.165, 1.54) is 15.4 Å². The summed E-state index contributed by atoms with van der Waals surface area (Å²) in [4.78, 5) is 128. The third-order valence-electron chi connectivity index (χ3n) is 23.4. The van der Waals surface area contributed by atoms with E-state index in [1.54, 1.807) is 25.7 Å². The Bertz CT molecular complexity index is 6630. The molecule has 4 fully saturated rings. The van der Waals surface area contributed by atoms with Crippen LogP contribution in [0.1, 0.15) is 130 Å². The number of nitrogen functional groups attached to an aromatic ring is 1. The molecule has 0 saturated carbocycles. The fraction of sp³-hybridized carbons (Fsp3) is 0.291. The second-order valence-electron chi connectivity index (χ2n) is 36.1. The van der Waals surface area contributed by atoms with Crippen LogP contribution in [0, 0.1) is 0 Å². The van der Waals surface area contributed by atoms with Crippen molar-refractivity contribution < 1.29 is 72.5 Å². The molecule has 14 aromatic rings. The topological polar surface area (TPSA) is 398 Å². The van der Waals surface area contributed by atoms with Gasteiger partial charge in [-0.1, -0.05) is 231 Å². The first-order valence-corrected chi connectivity index (χ1v) is 51.7. The van der Waals surface area contributed by atoms with E-state index in [9.17, 15) is 47.7 Å². The molecule has 0 bridgehead atoms. The number of aryl methyl sites for hydroxylation is 5. The number of carboxylic acids is 3. The molecule has 3 aromatic heterocycles. The highest BCUT2D eigenvalue weighted by molar-refractivity contribution is 8.24. The minimum atomic E-state index is -3.22. The lowest BCUT2D eigenvalue weighted by molar-refractivity contribution is -0.142. The van der Waals surface area contributed by atoms with Gasteiger partial charge in [-0.2, -0.15) is 0 Å². The van der Waals surface area contributed by atoms with Gasteiger partial charge in [0.15, 0.2) is 0 Å². The monoisotopic (exact) mass is 2050 g/mol. The highest BCUT2D eigenvalue weighted by Crippen LogP contribution is 2.61. The van der Waals surface area contributed by atoms with E-state index in [0.717, 1.165) is 151 Å². The molecule has 0 unspecified atom stereocenters. The number of aromatic nitrogens is 6. The summed E-state index contributed by atoms with van der Waals surface area (Å²) in [6.45, 7) is 13.3. The maximum Gasteiger partial charge on any atom is 0.411 e. The Balaban J connectivity index is 0.000000176. The van der Waals surface area contributed by atoms with Crippen molar-refractivity contribution in [2.24, 2.45) is 14.1 Å². The van der Waals surface area contributed by atoms with Crippen molar-refractivity contribution in [1.29, 1.82) is 0 Å². The Hall–Kier alpha value is -14.2. The number of carbonyl (C=O) groups is 9. The average molecular weight is 2050 g/mol. The van der Waals surface area contributed by atoms with Gasteiger partial charge in [0.1, 0.15) is 46.8 Å². The van der Waals surface area contributed by atoms with Gasteiger partial charge in [-0.3, -0.25) is 43.1 Å². The van der Waals surface area contributed by atoms with E-state index in [-0.39, 0.29) is 54.9 Å². The van der Waals surface area contributed by atoms with Crippen LogP contribution in [0.3, 0.4) is 0 Å². The molecule has 756 valence electrons. The number of aliphatic carboxylic acids is 3. The molecule has 29 nitrogen and oxygen atoms in total. The van der Waals surface area contributed by atoms with E-state index >= 15 is 0 Å². The maximum atomic E-state index is 13.2. The number of hydrogen-bond acceptors (Lipinski definition) is 17. The van der Waals surface area contributed by atoms with Gasteiger partial charge in [-0.25, -0.2) is 29.3 Å². The van der Waals surface area contributed by atoms with Gasteiger partial charge in [0, 0.05) is 104 Å². The highest BCUT2D eigenvalue weighted by Gasteiger charge is 2.39. The van der Waals surface area contributed by atoms with Crippen LogP contribution in [0.15, 0.2) is 291 Å². The van der Waals surface area contributed by atoms with E-state index in [1.807, 2.05) is 311 Å². The fourth-order valence-electron chi connectivity index (χ4n) is 16.6. The Morgan fingerprint density at radius 1 is 0.410 bits per heavy atom. The molecule has 7 heterocycles. The van der Waals surface area contributed by atoms with Crippen molar-refractivity contribution in [2.75, 3.05) is 47.9 Å². The summed E-state index contributed by atoms with van der Waals surface area (Å²) in [5.41, 5.74) is 22.1. The van der Waals surface area contributed by atoms with Crippen LogP contribution in [0.5, 0.6) is 0 Å². The number of ether oxygens (including phenoxy) is 2. The molecular formula is C110H123Cl4N14O15P. The molecule has 144 heavy (non-hydrogen) atoms. The van der Waals surface area contributed by atoms with Gasteiger partial charge in [0.25, 0.3) is 0 Å². The van der Waals surface area contributed by atoms with E-state index in [2.05, 4.69) is 99.2 Å². The normalized spacial score (nSPS) is 15.0. The number of benzene rings is 11. The van der Waals surface area contributed by atoms with Gasteiger partial charge in [0.2, 0.25) is 23.6 Å². The summed E-state index contributed by atoms with van der Waals surface area (Å²) in [6.07, 6.45) is 7.21. The van der Waals surface area contributed by atoms with Crippen molar-refractivity contribution in [3.05, 3.63) is 309 Å². The van der Waals surface area contributed by atoms with Crippen molar-refractivity contribution in [3.8, 4) is 44.5 Å². The fourth-order valence-corrected chi connectivity index (χ4v) is 16.6. The van der Waals surface area contributed by atoms with Crippen molar-refractivity contribution in [3.63, 3.8) is 0 Å². The molecule has 0 aliphatic carbocycles. The first-order chi connectivity index (χ1) is 68.4. The number of hydrogen-bond donors (Lipinski definition) is 9. The molecule has 4 aliphatic rings. The lowest BCUT2D eigenvalue weighted by Crippen LogP contribution is -2.45. The van der Waals surface area contributed by atoms with Crippen molar-refractivity contribution in [2.45, 2.75) is 167 Å². The number of para-hydroxylation sites is 10. The van der Waals surface area contributed by atoms with E-state index < -0.39 is 64.6 Å². The zero-order valence-corrected chi connectivity index (χ0v) is 85.6. The Kier molecular flexibility index (Phi) is 42.2. The quantitative estimate of drug-likeness (QED) is 0.0253. The molecule has 10 N–H and O–H groups in total. The van der Waals surface area contributed by atoms with E-state index in [4.69, 9.17) is 30.5 Å². The summed E-state index contributed by atoms with van der Waals surface area (Å²) in [7, 11) is 3.89. The third kappa shape index (κ3) is 34.3. The number of carbonyl (C=O) groups excluding carboxylic acids is 6. The Morgan fingerprint density at radius 3 is 1.15 bits per heavy atom. The summed E-state index contributed by atoms with van der Waals surface area (Å²) >= 11 is 13.8. The van der Waals surface area contributed by atoms with Crippen LogP contribution >= 0.6 is 51.3 Å². The molecule has 0 spiro atoms. The summed E-state index contributed by atoms with van der Waals surface area (Å²) in [6, 6.07) is 93.1. The number of nitrogens with zero attached hydrogens (tertiary/aromatic N) is 8. The van der Waals surface area contributed by atoms with Crippen LogP contribution in [-0.4, -0.2) is 174 Å². The number of likely N-dealkylation sites (tertiary alicyclic amines) is 3. The number of fused-ring (bicyclic) bond motifs is 3. The Morgan fingerprint density at radius 2 is 0.750 bits per heavy atom. The van der Waals surface area contributed by atoms with Gasteiger partial charge in [-0.15, -0.1) is 12.4 Å². The number of H-pyrrole nitrogens is 1. The minimum Gasteiger partial charge on any atom is -0.481 e. The number of anilines is 4. The first kappa shape index (κ1) is 112. The van der Waals surface area contributed by atoms with Crippen LogP contribution in [0.25, 0.3) is 77.6 Å². The smallest absolute Gasteiger partial charge is 0.411 e. The largest absolute Gasteiger partial charge is 0.481 e. The van der Waals surface area contributed by atoms with Crippen LogP contribution < -0.4 is 27.0 Å². The SMILES string of the molecule is CC(C)(C)OC(=O)N1CCC[C@H]1C(=O)Nc1ccccc1-c1ccccc1.CC(C)(C)OC(=O)N1CCC[C@H]1C(=O)O.Cl.Cn1c(CCC(=O)N2CCC[C@H]2C(=O)Nc2ccccc2-c2ccccc2)nc2ccccc21.Cn1c(CCC(=O)O)nc2ccccc21.Nc1ccccc1-c1ccccc1.O=C(Nc1ccccc1-c1ccccc1)[C@@H]1CCCN1.O=C(O)CCc1nc2ccccc2[nH]1.O=P(Cl)(Cl)Cl. The third-order valence-corrected chi connectivity index (χ3v) is 23.4. The van der Waals surface area contributed by atoms with Crippen molar-refractivity contribution in [1.82, 2.24) is 49.1 Å². The van der Waals surface area contributed by atoms with Crippen LogP contribution in [-0.2, 0) is 81.0 Å².